The lowest BCUT2D eigenvalue weighted by atomic mass is 9.98. The van der Waals surface area contributed by atoms with E-state index in [2.05, 4.69) is 15.4 Å². The highest BCUT2D eigenvalue weighted by Crippen LogP contribution is 2.41. The van der Waals surface area contributed by atoms with Gasteiger partial charge in [0.25, 0.3) is 5.91 Å². The van der Waals surface area contributed by atoms with Crippen LogP contribution in [0.25, 0.3) is 27.5 Å². The van der Waals surface area contributed by atoms with Gasteiger partial charge in [0.05, 0.1) is 0 Å². The third-order valence-corrected chi connectivity index (χ3v) is 4.61. The van der Waals surface area contributed by atoms with Gasteiger partial charge in [-0.3, -0.25) is 9.59 Å². The van der Waals surface area contributed by atoms with E-state index in [1.807, 2.05) is 30.3 Å². The number of hydrogen-bond donors (Lipinski definition) is 3. The van der Waals surface area contributed by atoms with Crippen LogP contribution in [0.5, 0.6) is 5.75 Å². The summed E-state index contributed by atoms with van der Waals surface area (Å²) in [5, 5.41) is 27.2. The van der Waals surface area contributed by atoms with Crippen molar-refractivity contribution in [1.82, 2.24) is 19.9 Å². The van der Waals surface area contributed by atoms with Crippen molar-refractivity contribution in [2.45, 2.75) is 0 Å². The number of aromatic nitrogens is 3. The van der Waals surface area contributed by atoms with Gasteiger partial charge in [-0.25, -0.2) is 9.50 Å². The summed E-state index contributed by atoms with van der Waals surface area (Å²) in [5.74, 6) is -2.33. The number of aliphatic carboxylic acids is 1. The first-order valence-electron chi connectivity index (χ1n) is 8.21. The third kappa shape index (κ3) is 2.80. The molecule has 0 radical (unpaired) electrons. The summed E-state index contributed by atoms with van der Waals surface area (Å²) in [5.41, 5.74) is 1.56. The average molecular weight is 397 g/mol. The van der Waals surface area contributed by atoms with E-state index in [1.165, 1.54) is 10.8 Å². The fourth-order valence-corrected chi connectivity index (χ4v) is 3.41. The maximum Gasteiger partial charge on any atom is 0.322 e. The van der Waals surface area contributed by atoms with Crippen molar-refractivity contribution in [2.24, 2.45) is 0 Å². The van der Waals surface area contributed by atoms with Crippen LogP contribution in [-0.4, -0.2) is 43.2 Å². The number of nitrogens with one attached hydrogen (secondary N) is 1. The first kappa shape index (κ1) is 17.7. The minimum Gasteiger partial charge on any atom is -0.505 e. The topological polar surface area (TPSA) is 117 Å². The lowest BCUT2D eigenvalue weighted by Gasteiger charge is -2.14. The molecule has 9 heteroatoms. The second kappa shape index (κ2) is 6.82. The zero-order valence-corrected chi connectivity index (χ0v) is 15.0. The molecular formula is C19H13ClN4O4. The van der Waals surface area contributed by atoms with E-state index < -0.39 is 18.4 Å². The summed E-state index contributed by atoms with van der Waals surface area (Å²) >= 11 is 6.46. The number of halogens is 1. The van der Waals surface area contributed by atoms with Crippen molar-refractivity contribution in [3.8, 4) is 16.9 Å². The number of carbonyl (C=O) groups excluding carboxylic acids is 1. The SMILES string of the molecule is O=C(O)CNC(=O)c1c(O)c2ccc(Cl)c(-c3ccccc3)c2c2ncnn12. The zero-order valence-electron chi connectivity index (χ0n) is 14.3. The van der Waals surface area contributed by atoms with E-state index in [1.54, 1.807) is 12.1 Å². The number of carbonyl (C=O) groups is 2. The molecule has 0 aliphatic heterocycles. The molecule has 2 aromatic carbocycles. The molecule has 1 amide bonds. The van der Waals surface area contributed by atoms with Gasteiger partial charge < -0.3 is 15.5 Å². The fraction of sp³-hybridized carbons (Fsp3) is 0.0526. The molecule has 8 nitrogen and oxygen atoms in total. The fourth-order valence-electron chi connectivity index (χ4n) is 3.14. The van der Waals surface area contributed by atoms with Gasteiger partial charge >= 0.3 is 5.97 Å². The van der Waals surface area contributed by atoms with Gasteiger partial charge in [0, 0.05) is 21.4 Å². The standard InChI is InChI=1S/C19H13ClN4O4/c20-12-7-6-11-15(14(12)10-4-2-1-3-5-10)18-22-9-23-24(18)16(17(11)27)19(28)21-8-13(25)26/h1-7,9,27H,8H2,(H,21,28)(H,25,26). The van der Waals surface area contributed by atoms with Gasteiger partial charge in [-0.05, 0) is 17.7 Å². The number of fused-ring (bicyclic) bond motifs is 3. The lowest BCUT2D eigenvalue weighted by molar-refractivity contribution is -0.135. The molecular weight excluding hydrogens is 384 g/mol. The van der Waals surface area contributed by atoms with Crippen LogP contribution in [0.3, 0.4) is 0 Å². The van der Waals surface area contributed by atoms with Crippen LogP contribution in [-0.2, 0) is 4.79 Å². The molecule has 2 aromatic heterocycles. The quantitative estimate of drug-likeness (QED) is 0.488. The van der Waals surface area contributed by atoms with Crippen LogP contribution < -0.4 is 5.32 Å². The summed E-state index contributed by atoms with van der Waals surface area (Å²) < 4.78 is 1.18. The van der Waals surface area contributed by atoms with Crippen molar-refractivity contribution in [1.29, 1.82) is 0 Å². The predicted octanol–water partition coefficient (Wildman–Crippen LogP) is 2.72. The summed E-state index contributed by atoms with van der Waals surface area (Å²) in [6.45, 7) is -0.595. The molecule has 0 saturated carbocycles. The molecule has 0 aliphatic rings. The van der Waals surface area contributed by atoms with Gasteiger partial charge in [-0.1, -0.05) is 41.9 Å². The van der Waals surface area contributed by atoms with E-state index >= 15 is 0 Å². The summed E-state index contributed by atoms with van der Waals surface area (Å²) in [4.78, 5) is 27.5. The number of carboxylic acid groups (broad SMARTS) is 1. The number of pyridine rings is 1. The molecule has 0 aliphatic carbocycles. The van der Waals surface area contributed by atoms with Crippen LogP contribution >= 0.6 is 11.6 Å². The van der Waals surface area contributed by atoms with E-state index in [-0.39, 0.29) is 11.4 Å². The van der Waals surface area contributed by atoms with Crippen molar-refractivity contribution < 1.29 is 19.8 Å². The Morgan fingerprint density at radius 1 is 1.14 bits per heavy atom. The number of aromatic hydroxyl groups is 1. The van der Waals surface area contributed by atoms with E-state index in [9.17, 15) is 14.7 Å². The number of amides is 1. The average Bonchev–Trinajstić information content (AvgIpc) is 3.16. The largest absolute Gasteiger partial charge is 0.505 e. The minimum atomic E-state index is -1.21. The summed E-state index contributed by atoms with van der Waals surface area (Å²) in [7, 11) is 0. The van der Waals surface area contributed by atoms with Crippen LogP contribution in [0.4, 0.5) is 0 Å². The van der Waals surface area contributed by atoms with Crippen molar-refractivity contribution in [2.75, 3.05) is 6.54 Å². The Balaban J connectivity index is 2.06. The number of rotatable bonds is 4. The smallest absolute Gasteiger partial charge is 0.322 e. The highest BCUT2D eigenvalue weighted by molar-refractivity contribution is 6.36. The maximum atomic E-state index is 12.5. The van der Waals surface area contributed by atoms with Crippen molar-refractivity contribution in [3.05, 3.63) is 59.5 Å². The minimum absolute atomic E-state index is 0.206. The van der Waals surface area contributed by atoms with Gasteiger partial charge in [0.1, 0.15) is 12.9 Å². The third-order valence-electron chi connectivity index (χ3n) is 4.29. The molecule has 0 bridgehead atoms. The molecule has 3 N–H and O–H groups in total. The Morgan fingerprint density at radius 2 is 1.89 bits per heavy atom. The first-order chi connectivity index (χ1) is 13.5. The van der Waals surface area contributed by atoms with Gasteiger partial charge in [-0.15, -0.1) is 0 Å². The number of nitrogens with zero attached hydrogens (tertiary/aromatic N) is 3. The Labute approximate surface area is 163 Å². The second-order valence-electron chi connectivity index (χ2n) is 5.98. The summed E-state index contributed by atoms with van der Waals surface area (Å²) in [6, 6.07) is 12.5. The second-order valence-corrected chi connectivity index (χ2v) is 6.39. The van der Waals surface area contributed by atoms with Crippen LogP contribution in [0.2, 0.25) is 5.02 Å². The lowest BCUT2D eigenvalue weighted by Crippen LogP contribution is -2.31. The molecule has 28 heavy (non-hydrogen) atoms. The van der Waals surface area contributed by atoms with Crippen molar-refractivity contribution in [3.63, 3.8) is 0 Å². The monoisotopic (exact) mass is 396 g/mol. The number of carboxylic acids is 1. The predicted molar refractivity (Wildman–Crippen MR) is 103 cm³/mol. The number of benzene rings is 2. The Bertz CT molecular complexity index is 1240. The van der Waals surface area contributed by atoms with E-state index in [0.717, 1.165) is 5.56 Å². The van der Waals surface area contributed by atoms with E-state index in [4.69, 9.17) is 16.7 Å². The molecule has 0 saturated heterocycles. The molecule has 0 unspecified atom stereocenters. The van der Waals surface area contributed by atoms with Gasteiger partial charge in [0.15, 0.2) is 17.1 Å². The highest BCUT2D eigenvalue weighted by atomic mass is 35.5. The Hall–Kier alpha value is -3.65. The Morgan fingerprint density at radius 3 is 2.61 bits per heavy atom. The molecule has 0 spiro atoms. The number of hydrogen-bond acceptors (Lipinski definition) is 5. The van der Waals surface area contributed by atoms with Gasteiger partial charge in [0.2, 0.25) is 0 Å². The maximum absolute atomic E-state index is 12.5. The molecule has 140 valence electrons. The summed E-state index contributed by atoms with van der Waals surface area (Å²) in [6.07, 6.45) is 1.25. The first-order valence-corrected chi connectivity index (χ1v) is 8.59. The van der Waals surface area contributed by atoms with Crippen LogP contribution in [0, 0.1) is 0 Å². The van der Waals surface area contributed by atoms with Crippen LogP contribution in [0.1, 0.15) is 10.5 Å². The van der Waals surface area contributed by atoms with E-state index in [0.29, 0.717) is 27.0 Å². The zero-order chi connectivity index (χ0) is 19.8. The highest BCUT2D eigenvalue weighted by Gasteiger charge is 2.24. The molecule has 0 fully saturated rings. The van der Waals surface area contributed by atoms with Crippen LogP contribution in [0.15, 0.2) is 48.8 Å². The molecule has 4 rings (SSSR count). The Kier molecular flexibility index (Phi) is 4.32. The molecule has 4 aromatic rings. The van der Waals surface area contributed by atoms with Crippen molar-refractivity contribution >= 4 is 39.9 Å². The molecule has 0 atom stereocenters. The van der Waals surface area contributed by atoms with Gasteiger partial charge in [-0.2, -0.15) is 5.10 Å². The normalized spacial score (nSPS) is 11.0. The molecule has 2 heterocycles.